The van der Waals surface area contributed by atoms with Crippen molar-refractivity contribution in [3.63, 3.8) is 0 Å². The van der Waals surface area contributed by atoms with Crippen LogP contribution in [0.25, 0.3) is 0 Å². The lowest BCUT2D eigenvalue weighted by Crippen LogP contribution is -2.44. The maximum Gasteiger partial charge on any atom is 0.0926 e. The average Bonchev–Trinajstić information content (AvgIpc) is 1.89. The lowest BCUT2D eigenvalue weighted by molar-refractivity contribution is -0.0280. The molecule has 0 aromatic heterocycles. The van der Waals surface area contributed by atoms with E-state index in [1.165, 1.54) is 0 Å². The van der Waals surface area contributed by atoms with E-state index in [1.54, 1.807) is 7.11 Å². The highest BCUT2D eigenvalue weighted by Gasteiger charge is 2.21. The first-order valence-electron chi connectivity index (χ1n) is 3.26. The van der Waals surface area contributed by atoms with Crippen molar-refractivity contribution in [1.82, 2.24) is 5.32 Å². The van der Waals surface area contributed by atoms with Crippen molar-refractivity contribution in [3.8, 4) is 0 Å². The quantitative estimate of drug-likeness (QED) is 0.497. The zero-order chi connectivity index (χ0) is 6.69. The van der Waals surface area contributed by atoms with Gasteiger partial charge in [-0.05, 0) is 13.0 Å². The number of ether oxygens (including phenoxy) is 1. The van der Waals surface area contributed by atoms with Crippen LogP contribution in [0.4, 0.5) is 0 Å². The third kappa shape index (κ3) is 1.64. The Labute approximate surface area is 55.0 Å². The normalized spacial score (nSPS) is 36.7. The van der Waals surface area contributed by atoms with Gasteiger partial charge in [-0.2, -0.15) is 0 Å². The summed E-state index contributed by atoms with van der Waals surface area (Å²) in [5.74, 6) is 0. The second-order valence-corrected chi connectivity index (χ2v) is 2.33. The Morgan fingerprint density at radius 2 is 2.44 bits per heavy atom. The van der Waals surface area contributed by atoms with Gasteiger partial charge in [-0.25, -0.2) is 0 Å². The van der Waals surface area contributed by atoms with E-state index in [4.69, 9.17) is 4.74 Å². The number of β-amino-alcohol motifs (C(OH)–C–C–N with tert-alkyl or cyclic N) is 1. The molecule has 0 unspecified atom stereocenters. The maximum atomic E-state index is 9.18. The standard InChI is InChI=1S/C6H13NO2/c1-9-6-2-3-7-4-5(6)8/h5-8H,2-4H2,1H3/t5-,6-/m0/s1. The number of hydrogen-bond acceptors (Lipinski definition) is 3. The zero-order valence-electron chi connectivity index (χ0n) is 5.63. The fourth-order valence-corrected chi connectivity index (χ4v) is 1.09. The Balaban J connectivity index is 2.30. The molecule has 0 radical (unpaired) electrons. The fraction of sp³-hybridized carbons (Fsp3) is 1.00. The van der Waals surface area contributed by atoms with Crippen LogP contribution >= 0.6 is 0 Å². The lowest BCUT2D eigenvalue weighted by atomic mass is 10.1. The van der Waals surface area contributed by atoms with E-state index in [2.05, 4.69) is 5.32 Å². The smallest absolute Gasteiger partial charge is 0.0926 e. The van der Waals surface area contributed by atoms with Gasteiger partial charge in [0.15, 0.2) is 0 Å². The van der Waals surface area contributed by atoms with Crippen LogP contribution < -0.4 is 5.32 Å². The Morgan fingerprint density at radius 1 is 1.67 bits per heavy atom. The van der Waals surface area contributed by atoms with E-state index in [9.17, 15) is 5.11 Å². The van der Waals surface area contributed by atoms with Crippen LogP contribution in [-0.4, -0.2) is 37.5 Å². The van der Waals surface area contributed by atoms with Gasteiger partial charge >= 0.3 is 0 Å². The maximum absolute atomic E-state index is 9.18. The van der Waals surface area contributed by atoms with Gasteiger partial charge in [0.1, 0.15) is 0 Å². The van der Waals surface area contributed by atoms with Crippen molar-refractivity contribution in [2.45, 2.75) is 18.6 Å². The van der Waals surface area contributed by atoms with Gasteiger partial charge in [0.05, 0.1) is 12.2 Å². The molecule has 1 aliphatic heterocycles. The third-order valence-corrected chi connectivity index (χ3v) is 1.69. The van der Waals surface area contributed by atoms with Crippen molar-refractivity contribution in [2.75, 3.05) is 20.2 Å². The SMILES string of the molecule is CO[C@H]1CCNC[C@@H]1O. The van der Waals surface area contributed by atoms with Gasteiger partial charge in [-0.15, -0.1) is 0 Å². The summed E-state index contributed by atoms with van der Waals surface area (Å²) in [6, 6.07) is 0. The largest absolute Gasteiger partial charge is 0.389 e. The number of aliphatic hydroxyl groups excluding tert-OH is 1. The summed E-state index contributed by atoms with van der Waals surface area (Å²) < 4.78 is 5.01. The van der Waals surface area contributed by atoms with Crippen LogP contribution in [0.15, 0.2) is 0 Å². The first-order chi connectivity index (χ1) is 4.34. The van der Waals surface area contributed by atoms with Gasteiger partial charge in [-0.3, -0.25) is 0 Å². The topological polar surface area (TPSA) is 41.5 Å². The van der Waals surface area contributed by atoms with Crippen LogP contribution in [0.2, 0.25) is 0 Å². The van der Waals surface area contributed by atoms with E-state index in [-0.39, 0.29) is 12.2 Å². The molecule has 0 bridgehead atoms. The van der Waals surface area contributed by atoms with Crippen LogP contribution in [0, 0.1) is 0 Å². The van der Waals surface area contributed by atoms with Crippen molar-refractivity contribution in [3.05, 3.63) is 0 Å². The van der Waals surface area contributed by atoms with E-state index in [1.807, 2.05) is 0 Å². The van der Waals surface area contributed by atoms with Crippen LogP contribution in [0.3, 0.4) is 0 Å². The summed E-state index contributed by atoms with van der Waals surface area (Å²) in [6.07, 6.45) is 0.646. The highest BCUT2D eigenvalue weighted by atomic mass is 16.5. The molecule has 2 atom stereocenters. The van der Waals surface area contributed by atoms with Crippen molar-refractivity contribution >= 4 is 0 Å². The van der Waals surface area contributed by atoms with Gasteiger partial charge in [0.25, 0.3) is 0 Å². The first-order valence-corrected chi connectivity index (χ1v) is 3.26. The number of aliphatic hydroxyl groups is 1. The molecule has 0 amide bonds. The molecule has 1 heterocycles. The predicted octanol–water partition coefficient (Wildman–Crippen LogP) is -0.644. The Morgan fingerprint density at radius 3 is 2.89 bits per heavy atom. The molecule has 1 fully saturated rings. The van der Waals surface area contributed by atoms with Crippen LogP contribution in [0.1, 0.15) is 6.42 Å². The first kappa shape index (κ1) is 6.99. The minimum Gasteiger partial charge on any atom is -0.389 e. The molecule has 0 aliphatic carbocycles. The minimum absolute atomic E-state index is 0.0475. The molecule has 9 heavy (non-hydrogen) atoms. The second kappa shape index (κ2) is 3.15. The number of hydrogen-bond donors (Lipinski definition) is 2. The summed E-state index contributed by atoms with van der Waals surface area (Å²) in [4.78, 5) is 0. The van der Waals surface area contributed by atoms with E-state index < -0.39 is 0 Å². The molecular weight excluding hydrogens is 118 g/mol. The number of methoxy groups -OCH3 is 1. The molecule has 0 saturated carbocycles. The Kier molecular flexibility index (Phi) is 2.45. The fourth-order valence-electron chi connectivity index (χ4n) is 1.09. The van der Waals surface area contributed by atoms with Crippen LogP contribution in [0.5, 0.6) is 0 Å². The highest BCUT2D eigenvalue weighted by molar-refractivity contribution is 4.76. The summed E-state index contributed by atoms with van der Waals surface area (Å²) in [7, 11) is 1.64. The molecule has 0 aromatic rings. The van der Waals surface area contributed by atoms with E-state index in [0.717, 1.165) is 13.0 Å². The summed E-state index contributed by atoms with van der Waals surface area (Å²) in [5.41, 5.74) is 0. The van der Waals surface area contributed by atoms with E-state index >= 15 is 0 Å². The number of nitrogens with one attached hydrogen (secondary N) is 1. The molecule has 0 spiro atoms. The summed E-state index contributed by atoms with van der Waals surface area (Å²) >= 11 is 0. The van der Waals surface area contributed by atoms with Gasteiger partial charge in [0, 0.05) is 13.7 Å². The van der Waals surface area contributed by atoms with Crippen molar-refractivity contribution in [1.29, 1.82) is 0 Å². The zero-order valence-corrected chi connectivity index (χ0v) is 5.63. The van der Waals surface area contributed by atoms with Gasteiger partial charge < -0.3 is 15.2 Å². The molecule has 0 aromatic carbocycles. The summed E-state index contributed by atoms with van der Waals surface area (Å²) in [5, 5.41) is 12.3. The van der Waals surface area contributed by atoms with Crippen molar-refractivity contribution in [2.24, 2.45) is 0 Å². The number of rotatable bonds is 1. The van der Waals surface area contributed by atoms with E-state index in [0.29, 0.717) is 6.54 Å². The molecule has 1 saturated heterocycles. The molecule has 1 aliphatic rings. The third-order valence-electron chi connectivity index (χ3n) is 1.69. The Bertz CT molecular complexity index is 87.1. The Hall–Kier alpha value is -0.120. The second-order valence-electron chi connectivity index (χ2n) is 2.33. The summed E-state index contributed by atoms with van der Waals surface area (Å²) in [6.45, 7) is 1.62. The molecule has 2 N–H and O–H groups in total. The van der Waals surface area contributed by atoms with Crippen molar-refractivity contribution < 1.29 is 9.84 Å². The molecule has 54 valence electrons. The average molecular weight is 131 g/mol. The molecular formula is C6H13NO2. The van der Waals surface area contributed by atoms with Gasteiger partial charge in [-0.1, -0.05) is 0 Å². The van der Waals surface area contributed by atoms with Gasteiger partial charge in [0.2, 0.25) is 0 Å². The number of piperidine rings is 1. The minimum atomic E-state index is -0.316. The molecule has 3 heteroatoms. The monoisotopic (exact) mass is 131 g/mol. The highest BCUT2D eigenvalue weighted by Crippen LogP contribution is 2.05. The van der Waals surface area contributed by atoms with Crippen LogP contribution in [-0.2, 0) is 4.74 Å². The lowest BCUT2D eigenvalue weighted by Gasteiger charge is -2.26. The molecule has 1 rings (SSSR count). The molecule has 3 nitrogen and oxygen atoms in total. The predicted molar refractivity (Wildman–Crippen MR) is 34.3 cm³/mol.